The van der Waals surface area contributed by atoms with Gasteiger partial charge < -0.3 is 20.0 Å². The van der Waals surface area contributed by atoms with Gasteiger partial charge in [0.25, 0.3) is 34.1 Å². The number of hydrogen-bond donors (Lipinski definition) is 6. The van der Waals surface area contributed by atoms with Crippen LogP contribution in [0.25, 0.3) is 22.7 Å². The number of nitrogens with one attached hydrogen (secondary N) is 4. The number of benzene rings is 4. The van der Waals surface area contributed by atoms with E-state index in [-0.39, 0.29) is 114 Å². The number of aliphatic hydroxyl groups excluding tert-OH is 2. The molecule has 136 heavy (non-hydrogen) atoms. The summed E-state index contributed by atoms with van der Waals surface area (Å²) in [7, 11) is 0. The third-order valence-electron chi connectivity index (χ3n) is 24.0. The molecule has 2 aliphatic rings. The van der Waals surface area contributed by atoms with Crippen LogP contribution in [0, 0.1) is 89.0 Å². The van der Waals surface area contributed by atoms with Crippen LogP contribution in [-0.2, 0) is 6.42 Å². The maximum Gasteiger partial charge on any atom is 0.280 e. The molecule has 6 N–H and O–H groups in total. The van der Waals surface area contributed by atoms with Gasteiger partial charge >= 0.3 is 0 Å². The predicted octanol–water partition coefficient (Wildman–Crippen LogP) is 16.2. The van der Waals surface area contributed by atoms with Crippen LogP contribution in [0.1, 0.15) is 240 Å². The minimum atomic E-state index is -0.964. The third kappa shape index (κ3) is 24.2. The van der Waals surface area contributed by atoms with Crippen LogP contribution in [0.4, 0.5) is 0 Å². The smallest absolute Gasteiger partial charge is 0.280 e. The number of aryl methyl sites for hydroxylation is 13. The van der Waals surface area contributed by atoms with Crippen molar-refractivity contribution in [2.45, 2.75) is 169 Å². The van der Waals surface area contributed by atoms with E-state index in [1.165, 1.54) is 57.6 Å². The molecule has 2 unspecified atom stereocenters. The molecule has 13 aromatic rings. The highest BCUT2D eigenvalue weighted by atomic mass is 32.1. The quantitative estimate of drug-likeness (QED) is 0.0187. The summed E-state index contributed by atoms with van der Waals surface area (Å²) >= 11 is 4.66. The Labute approximate surface area is 803 Å². The molecule has 9 aromatic heterocycles. The summed E-state index contributed by atoms with van der Waals surface area (Å²) in [5.41, 5.74) is 18.7. The van der Waals surface area contributed by atoms with E-state index in [4.69, 9.17) is 0 Å². The molecule has 0 aliphatic carbocycles. The molecule has 4 aromatic carbocycles. The number of aliphatic hydroxyl groups is 2. The SMILES string of the molecule is CC(=NCC(=O)c1ccc(C(=O)CC(C)C)s1)c1c(C)[nH]n(-c2ccc(C)c(C)c2)c1=O.CC(=NCC(=O)c1ccc(C(=O)CCc2ccncc2)s1)c1c(C)[nH]n(-c2ccc(C)c(C)c2)c1=O.CC(=NCC(=O)c1ccc(C(=O)N2CC(O)C(O)C2)s1)c1c(C)[nH]n(-c2ccc(C)c(C)c2)c1=O.CC(=NCC(=O)c1ccc(C(=O)N2CCCC2)s1)c1c(C)[nH]n(-c2ccc(C)c(C)c2)c1=O. The van der Waals surface area contributed by atoms with Gasteiger partial charge in [-0.1, -0.05) is 38.1 Å². The summed E-state index contributed by atoms with van der Waals surface area (Å²) < 4.78 is 5.99. The molecule has 29 nitrogen and oxygen atoms in total. The van der Waals surface area contributed by atoms with Crippen LogP contribution in [0.5, 0.6) is 0 Å². The van der Waals surface area contributed by atoms with Gasteiger partial charge in [0.05, 0.1) is 96.2 Å². The van der Waals surface area contributed by atoms with Crippen molar-refractivity contribution in [3.8, 4) is 22.7 Å². The lowest BCUT2D eigenvalue weighted by molar-refractivity contribution is 0.0572. The maximum absolute atomic E-state index is 13.1. The Kier molecular flexibility index (Phi) is 33.3. The number of β-amino-alcohol motifs (C(OH)–C–C–N with tert-alkyl or cyclic N) is 2. The molecule has 2 aliphatic heterocycles. The van der Waals surface area contributed by atoms with E-state index in [1.54, 1.807) is 95.5 Å². The summed E-state index contributed by atoms with van der Waals surface area (Å²) in [6.45, 7) is 35.5. The van der Waals surface area contributed by atoms with Crippen molar-refractivity contribution in [3.63, 3.8) is 0 Å². The van der Waals surface area contributed by atoms with E-state index < -0.39 is 12.2 Å². The molecule has 2 atom stereocenters. The Morgan fingerprint density at radius 1 is 0.360 bits per heavy atom. The molecule has 15 rings (SSSR count). The Morgan fingerprint density at radius 3 is 0.912 bits per heavy atom. The number of aromatic amines is 4. The zero-order valence-electron chi connectivity index (χ0n) is 79.6. The van der Waals surface area contributed by atoms with Crippen molar-refractivity contribution >= 4 is 115 Å². The van der Waals surface area contributed by atoms with Gasteiger partial charge in [0, 0.05) is 97.0 Å². The van der Waals surface area contributed by atoms with E-state index in [1.807, 2.05) is 180 Å². The van der Waals surface area contributed by atoms with Crippen molar-refractivity contribution in [2.75, 3.05) is 52.4 Å². The fourth-order valence-corrected chi connectivity index (χ4v) is 19.1. The van der Waals surface area contributed by atoms with Gasteiger partial charge in [-0.25, -0.2) is 18.7 Å². The summed E-state index contributed by atoms with van der Waals surface area (Å²) in [6, 6.07) is 40.4. The number of ketones is 6. The molecule has 2 saturated heterocycles. The van der Waals surface area contributed by atoms with E-state index in [0.717, 1.165) is 110 Å². The number of likely N-dealkylation sites (tertiary alicyclic amines) is 2. The maximum atomic E-state index is 13.1. The van der Waals surface area contributed by atoms with Crippen molar-refractivity contribution in [1.82, 2.24) is 53.9 Å². The first-order valence-corrected chi connectivity index (χ1v) is 48.0. The number of amides is 2. The number of thiophene rings is 4. The average molecular weight is 1910 g/mol. The normalized spacial score (nSPS) is 14.0. The summed E-state index contributed by atoms with van der Waals surface area (Å²) in [5, 5.41) is 31.8. The van der Waals surface area contributed by atoms with Crippen LogP contribution in [0.15, 0.2) is 185 Å². The molecule has 2 fully saturated rings. The Balaban J connectivity index is 0.000000163. The van der Waals surface area contributed by atoms with Gasteiger partial charge in [0.15, 0.2) is 34.7 Å². The van der Waals surface area contributed by atoms with E-state index >= 15 is 0 Å². The van der Waals surface area contributed by atoms with Crippen molar-refractivity contribution < 1.29 is 48.6 Å². The topological polar surface area (TPSA) is 397 Å². The van der Waals surface area contributed by atoms with Crippen LogP contribution in [-0.4, -0.2) is 198 Å². The predicted molar refractivity (Wildman–Crippen MR) is 539 cm³/mol. The standard InChI is InChI=1S/C28H28N4O3S.C25H28N4O5S.C25H28N4O3S.C25H29N3O3S/c1-17-5-7-22(15-18(17)2)32-28(35)27(20(4)31-32)19(3)30-16-24(34)26-10-9-25(36-26)23(33)8-6-21-11-13-29-14-12-21;1-13-5-6-17(9-14(13)2)29-25(34)23(16(4)27-29)15(3)26-10-18(30)21-7-8-22(35-21)24(33)28-11-19(31)20(32)12-28;1-15-7-8-19(13-16(15)2)29-25(32)23(18(4)27-29)17(3)26-14-20(30)21-9-10-22(33-21)24(31)28-11-5-6-12-28;1-14(2)11-20(29)22-9-10-23(32-22)21(30)13-26-17(5)24-18(6)27-28(25(24)31)19-8-7-15(3)16(4)12-19/h5,7,9-15,31H,6,8,16H2,1-4H3;5-9,19-20,27,31-32H,10-12H2,1-4H3;7-10,13,27H,5-6,11-12,14H2,1-4H3;7-10,12,14,27H,11,13H2,1-6H3. The molecule has 2 amide bonds. The molecule has 11 heterocycles. The van der Waals surface area contributed by atoms with Crippen molar-refractivity contribution in [3.05, 3.63) is 321 Å². The number of aliphatic imine (C=N–C) groups is 4. The second kappa shape index (κ2) is 44.7. The van der Waals surface area contributed by atoms with E-state index in [0.29, 0.717) is 126 Å². The minimum absolute atomic E-state index is 0.00499. The average Bonchev–Trinajstić information content (AvgIpc) is 1.65. The van der Waals surface area contributed by atoms with Gasteiger partial charge in [-0.15, -0.1) is 45.3 Å². The number of aromatic nitrogens is 9. The molecule has 0 bridgehead atoms. The lowest BCUT2D eigenvalue weighted by Gasteiger charge is -2.13. The largest absolute Gasteiger partial charge is 0.388 e. The number of carbonyl (C=O) groups excluding carboxylic acids is 8. The second-order valence-electron chi connectivity index (χ2n) is 34.7. The third-order valence-corrected chi connectivity index (χ3v) is 28.5. The Bertz CT molecular complexity index is 7120. The van der Waals surface area contributed by atoms with E-state index in [9.17, 15) is 67.7 Å². The van der Waals surface area contributed by atoms with Crippen molar-refractivity contribution in [2.24, 2.45) is 25.9 Å². The number of pyridine rings is 1. The van der Waals surface area contributed by atoms with E-state index in [2.05, 4.69) is 45.3 Å². The van der Waals surface area contributed by atoms with Crippen LogP contribution in [0.3, 0.4) is 0 Å². The Hall–Kier alpha value is -13.6. The zero-order chi connectivity index (χ0) is 98.5. The minimum Gasteiger partial charge on any atom is -0.388 e. The Morgan fingerprint density at radius 2 is 0.625 bits per heavy atom. The number of hydrogen-bond acceptors (Lipinski definition) is 23. The number of H-pyrrole nitrogens is 4. The first kappa shape index (κ1) is 101. The first-order chi connectivity index (χ1) is 64.6. The summed E-state index contributed by atoms with van der Waals surface area (Å²) in [6.07, 6.45) is 5.00. The van der Waals surface area contributed by atoms with Crippen molar-refractivity contribution in [1.29, 1.82) is 0 Å². The molecule has 0 saturated carbocycles. The fraction of sp³-hybridized carbons (Fsp3) is 0.330. The monoisotopic (exact) mass is 1910 g/mol. The fourth-order valence-electron chi connectivity index (χ4n) is 15.5. The highest BCUT2D eigenvalue weighted by molar-refractivity contribution is 7.17. The van der Waals surface area contributed by atoms with Crippen LogP contribution >= 0.6 is 45.3 Å². The lowest BCUT2D eigenvalue weighted by atomic mass is 10.1. The van der Waals surface area contributed by atoms with Crippen LogP contribution < -0.4 is 22.2 Å². The molecular weight excluding hydrogens is 1800 g/mol. The molecule has 33 heteroatoms. The number of nitrogens with zero attached hydrogens (tertiary/aromatic N) is 11. The van der Waals surface area contributed by atoms with Crippen LogP contribution in [0.2, 0.25) is 0 Å². The van der Waals surface area contributed by atoms with Gasteiger partial charge in [0.2, 0.25) is 0 Å². The number of carbonyl (C=O) groups is 8. The van der Waals surface area contributed by atoms with Gasteiger partial charge in [-0.05, 0) is 295 Å². The number of Topliss-reactive ketones (excluding diaryl/α,β-unsaturated/α-hetero) is 6. The lowest BCUT2D eigenvalue weighted by Crippen LogP contribution is -2.29. The summed E-state index contributed by atoms with van der Waals surface area (Å²) in [4.78, 5) is 182. The van der Waals surface area contributed by atoms with Gasteiger partial charge in [-0.2, -0.15) is 0 Å². The second-order valence-corrected chi connectivity index (χ2v) is 39.0. The molecule has 708 valence electrons. The highest BCUT2D eigenvalue weighted by Gasteiger charge is 2.34. The molecule has 0 spiro atoms. The highest BCUT2D eigenvalue weighted by Crippen LogP contribution is 2.28. The summed E-state index contributed by atoms with van der Waals surface area (Å²) in [5.74, 6) is -0.793. The van der Waals surface area contributed by atoms with Gasteiger partial charge in [-0.3, -0.25) is 103 Å². The first-order valence-electron chi connectivity index (χ1n) is 44.7. The molecular formula is C103H113N15O14S4. The number of rotatable bonds is 29. The molecule has 0 radical (unpaired) electrons. The van der Waals surface area contributed by atoms with Gasteiger partial charge in [0.1, 0.15) is 26.2 Å². The zero-order valence-corrected chi connectivity index (χ0v) is 82.9.